The van der Waals surface area contributed by atoms with Crippen LogP contribution in [0.4, 0.5) is 0 Å². The maximum Gasteiger partial charge on any atom is 0.255 e. The zero-order valence-corrected chi connectivity index (χ0v) is 14.7. The van der Waals surface area contributed by atoms with Gasteiger partial charge in [-0.1, -0.05) is 35.9 Å². The molecule has 0 spiro atoms. The molecule has 1 aromatic heterocycles. The van der Waals surface area contributed by atoms with Crippen LogP contribution in [0, 0.1) is 6.92 Å². The smallest absolute Gasteiger partial charge is 0.255 e. The highest BCUT2D eigenvalue weighted by Crippen LogP contribution is 2.18. The molecule has 1 aromatic carbocycles. The molecular formula is C19H22ClN3O. The molecule has 1 amide bonds. The van der Waals surface area contributed by atoms with Crippen molar-refractivity contribution < 1.29 is 4.79 Å². The molecule has 24 heavy (non-hydrogen) atoms. The minimum atomic E-state index is 0.000131. The summed E-state index contributed by atoms with van der Waals surface area (Å²) >= 11 is 6.11. The van der Waals surface area contributed by atoms with Crippen molar-refractivity contribution in [2.24, 2.45) is 0 Å². The van der Waals surface area contributed by atoms with Gasteiger partial charge < -0.3 is 4.90 Å². The summed E-state index contributed by atoms with van der Waals surface area (Å²) in [5.74, 6) is 0.000131. The maximum absolute atomic E-state index is 12.7. The molecule has 0 radical (unpaired) electrons. The lowest BCUT2D eigenvalue weighted by molar-refractivity contribution is 0.0761. The van der Waals surface area contributed by atoms with Crippen LogP contribution in [0.5, 0.6) is 0 Å². The van der Waals surface area contributed by atoms with Gasteiger partial charge in [0, 0.05) is 45.1 Å². The number of carbonyl (C=O) groups excluding carboxylic acids is 1. The molecule has 5 heteroatoms. The summed E-state index contributed by atoms with van der Waals surface area (Å²) in [6.07, 6.45) is 4.11. The van der Waals surface area contributed by atoms with E-state index in [9.17, 15) is 4.79 Å². The average Bonchev–Trinajstić information content (AvgIpc) is 2.82. The van der Waals surface area contributed by atoms with Gasteiger partial charge in [0.1, 0.15) is 0 Å². The minimum Gasteiger partial charge on any atom is -0.337 e. The van der Waals surface area contributed by atoms with E-state index in [1.807, 2.05) is 4.90 Å². The Morgan fingerprint density at radius 2 is 2.00 bits per heavy atom. The zero-order valence-electron chi connectivity index (χ0n) is 13.9. The maximum atomic E-state index is 12.7. The molecule has 3 rings (SSSR count). The van der Waals surface area contributed by atoms with Gasteiger partial charge >= 0.3 is 0 Å². The van der Waals surface area contributed by atoms with Crippen molar-refractivity contribution in [3.63, 3.8) is 0 Å². The lowest BCUT2D eigenvalue weighted by Crippen LogP contribution is -2.35. The Morgan fingerprint density at radius 3 is 2.79 bits per heavy atom. The number of halogens is 1. The van der Waals surface area contributed by atoms with Crippen LogP contribution in [-0.2, 0) is 6.54 Å². The number of carbonyl (C=O) groups is 1. The number of hydrogen-bond acceptors (Lipinski definition) is 3. The Bertz CT molecular complexity index is 719. The fourth-order valence-corrected chi connectivity index (χ4v) is 3.28. The molecular weight excluding hydrogens is 322 g/mol. The number of rotatable bonds is 3. The van der Waals surface area contributed by atoms with Crippen LogP contribution < -0.4 is 0 Å². The summed E-state index contributed by atoms with van der Waals surface area (Å²) in [5.41, 5.74) is 3.21. The lowest BCUT2D eigenvalue weighted by Gasteiger charge is -2.23. The van der Waals surface area contributed by atoms with E-state index in [1.165, 1.54) is 17.3 Å². The van der Waals surface area contributed by atoms with Gasteiger partial charge in [-0.05, 0) is 30.5 Å². The number of benzene rings is 1. The van der Waals surface area contributed by atoms with Crippen LogP contribution in [0.25, 0.3) is 0 Å². The summed E-state index contributed by atoms with van der Waals surface area (Å²) < 4.78 is 0. The normalized spacial score (nSPS) is 16.0. The van der Waals surface area contributed by atoms with E-state index in [4.69, 9.17) is 11.6 Å². The molecule has 1 aliphatic heterocycles. The van der Waals surface area contributed by atoms with E-state index in [0.29, 0.717) is 10.6 Å². The largest absolute Gasteiger partial charge is 0.337 e. The van der Waals surface area contributed by atoms with E-state index in [1.54, 1.807) is 12.3 Å². The van der Waals surface area contributed by atoms with Crippen molar-refractivity contribution in [1.29, 1.82) is 0 Å². The number of hydrogen-bond donors (Lipinski definition) is 0. The molecule has 4 nitrogen and oxygen atoms in total. The SMILES string of the molecule is Cc1ccccc1CN1CCCN(C(=O)c2ccncc2Cl)CC1. The third-order valence-corrected chi connectivity index (χ3v) is 4.83. The van der Waals surface area contributed by atoms with Crippen LogP contribution in [0.1, 0.15) is 27.9 Å². The van der Waals surface area contributed by atoms with Crippen LogP contribution in [-0.4, -0.2) is 46.9 Å². The third kappa shape index (κ3) is 3.94. The molecule has 2 aromatic rings. The highest BCUT2D eigenvalue weighted by atomic mass is 35.5. The Labute approximate surface area is 148 Å². The first-order chi connectivity index (χ1) is 11.6. The number of amides is 1. The molecule has 0 bridgehead atoms. The molecule has 1 saturated heterocycles. The van der Waals surface area contributed by atoms with Gasteiger partial charge in [0.25, 0.3) is 5.91 Å². The first-order valence-corrected chi connectivity index (χ1v) is 8.68. The standard InChI is InChI=1S/C19H22ClN3O/c1-15-5-2-3-6-16(15)14-22-9-4-10-23(12-11-22)19(24)17-7-8-21-13-18(17)20/h2-3,5-8,13H,4,9-12,14H2,1H3. The van der Waals surface area contributed by atoms with E-state index >= 15 is 0 Å². The van der Waals surface area contributed by atoms with Crippen LogP contribution in [0.15, 0.2) is 42.7 Å². The highest BCUT2D eigenvalue weighted by molar-refractivity contribution is 6.33. The Balaban J connectivity index is 1.64. The first kappa shape index (κ1) is 16.9. The van der Waals surface area contributed by atoms with E-state index in [2.05, 4.69) is 41.1 Å². The topological polar surface area (TPSA) is 36.4 Å². The molecule has 0 atom stereocenters. The predicted molar refractivity (Wildman–Crippen MR) is 96.2 cm³/mol. The van der Waals surface area contributed by atoms with Crippen molar-refractivity contribution in [3.05, 3.63) is 64.4 Å². The van der Waals surface area contributed by atoms with Gasteiger partial charge in [0.2, 0.25) is 0 Å². The van der Waals surface area contributed by atoms with Gasteiger partial charge in [-0.2, -0.15) is 0 Å². The summed E-state index contributed by atoms with van der Waals surface area (Å²) in [6, 6.07) is 10.2. The van der Waals surface area contributed by atoms with Crippen molar-refractivity contribution >= 4 is 17.5 Å². The molecule has 1 aliphatic rings. The Morgan fingerprint density at radius 1 is 1.17 bits per heavy atom. The molecule has 0 N–H and O–H groups in total. The molecule has 2 heterocycles. The van der Waals surface area contributed by atoms with Crippen molar-refractivity contribution in [1.82, 2.24) is 14.8 Å². The number of aryl methyl sites for hydroxylation is 1. The second-order valence-electron chi connectivity index (χ2n) is 6.20. The molecule has 1 fully saturated rings. The van der Waals surface area contributed by atoms with E-state index in [0.717, 1.165) is 39.1 Å². The Kier molecular flexibility index (Phi) is 5.48. The average molecular weight is 344 g/mol. The fraction of sp³-hybridized carbons (Fsp3) is 0.368. The minimum absolute atomic E-state index is 0.000131. The zero-order chi connectivity index (χ0) is 16.9. The lowest BCUT2D eigenvalue weighted by atomic mass is 10.1. The fourth-order valence-electron chi connectivity index (χ4n) is 3.08. The molecule has 0 unspecified atom stereocenters. The summed E-state index contributed by atoms with van der Waals surface area (Å²) in [6.45, 7) is 6.45. The van der Waals surface area contributed by atoms with Gasteiger partial charge in [0.15, 0.2) is 0 Å². The molecule has 126 valence electrons. The van der Waals surface area contributed by atoms with Gasteiger partial charge in [-0.15, -0.1) is 0 Å². The second kappa shape index (κ2) is 7.77. The first-order valence-electron chi connectivity index (χ1n) is 8.31. The number of pyridine rings is 1. The molecule has 0 saturated carbocycles. The third-order valence-electron chi connectivity index (χ3n) is 4.53. The van der Waals surface area contributed by atoms with Crippen molar-refractivity contribution in [3.8, 4) is 0 Å². The van der Waals surface area contributed by atoms with Gasteiger partial charge in [-0.3, -0.25) is 14.7 Å². The van der Waals surface area contributed by atoms with Crippen LogP contribution >= 0.6 is 11.6 Å². The van der Waals surface area contributed by atoms with Crippen LogP contribution in [0.3, 0.4) is 0 Å². The summed E-state index contributed by atoms with van der Waals surface area (Å²) in [7, 11) is 0. The van der Waals surface area contributed by atoms with Crippen molar-refractivity contribution in [2.75, 3.05) is 26.2 Å². The monoisotopic (exact) mass is 343 g/mol. The number of nitrogens with zero attached hydrogens (tertiary/aromatic N) is 3. The quantitative estimate of drug-likeness (QED) is 0.857. The van der Waals surface area contributed by atoms with Crippen LogP contribution in [0.2, 0.25) is 5.02 Å². The second-order valence-corrected chi connectivity index (χ2v) is 6.61. The van der Waals surface area contributed by atoms with E-state index < -0.39 is 0 Å². The predicted octanol–water partition coefficient (Wildman–Crippen LogP) is 3.39. The van der Waals surface area contributed by atoms with Crippen molar-refractivity contribution in [2.45, 2.75) is 19.9 Å². The summed E-state index contributed by atoms with van der Waals surface area (Å²) in [5, 5.41) is 0.420. The van der Waals surface area contributed by atoms with Gasteiger partial charge in [-0.25, -0.2) is 0 Å². The number of aromatic nitrogens is 1. The van der Waals surface area contributed by atoms with E-state index in [-0.39, 0.29) is 5.91 Å². The Hall–Kier alpha value is -1.91. The van der Waals surface area contributed by atoms with Gasteiger partial charge in [0.05, 0.1) is 10.6 Å². The highest BCUT2D eigenvalue weighted by Gasteiger charge is 2.22. The molecule has 0 aliphatic carbocycles. The summed E-state index contributed by atoms with van der Waals surface area (Å²) in [4.78, 5) is 21.0.